The smallest absolute Gasteiger partial charge is 0.312 e. The van der Waals surface area contributed by atoms with Gasteiger partial charge in [0.15, 0.2) is 5.78 Å². The minimum atomic E-state index is -0.698. The summed E-state index contributed by atoms with van der Waals surface area (Å²) >= 11 is 2.88. The van der Waals surface area contributed by atoms with Gasteiger partial charge in [-0.2, -0.15) is 0 Å². The third-order valence-electron chi connectivity index (χ3n) is 2.68. The molecule has 0 saturated heterocycles. The minimum absolute atomic E-state index is 0.0404. The van der Waals surface area contributed by atoms with Crippen molar-refractivity contribution >= 4 is 27.4 Å². The average molecular weight is 354 g/mol. The lowest BCUT2D eigenvalue weighted by Crippen LogP contribution is -1.99. The molecule has 0 N–H and O–H groups in total. The SMILES string of the molecule is CC(=O)c1ccccc1Oc1cc(F)c(Br)cc1[N+](=O)[O-]. The van der Waals surface area contributed by atoms with E-state index in [-0.39, 0.29) is 27.3 Å². The second-order valence-corrected chi connectivity index (χ2v) is 5.00. The lowest BCUT2D eigenvalue weighted by atomic mass is 10.1. The van der Waals surface area contributed by atoms with Gasteiger partial charge in [-0.25, -0.2) is 4.39 Å². The van der Waals surface area contributed by atoms with Gasteiger partial charge in [-0.15, -0.1) is 0 Å². The lowest BCUT2D eigenvalue weighted by Gasteiger charge is -2.10. The Hall–Kier alpha value is -2.28. The van der Waals surface area contributed by atoms with Crippen LogP contribution in [0.4, 0.5) is 10.1 Å². The van der Waals surface area contributed by atoms with Crippen LogP contribution in [0.15, 0.2) is 40.9 Å². The number of nitro groups is 1. The molecule has 0 aliphatic heterocycles. The Morgan fingerprint density at radius 3 is 2.57 bits per heavy atom. The van der Waals surface area contributed by atoms with Crippen LogP contribution >= 0.6 is 15.9 Å². The van der Waals surface area contributed by atoms with Gasteiger partial charge in [0.2, 0.25) is 5.75 Å². The normalized spacial score (nSPS) is 10.2. The molecular weight excluding hydrogens is 345 g/mol. The molecule has 0 saturated carbocycles. The number of hydrogen-bond donors (Lipinski definition) is 0. The molecule has 0 atom stereocenters. The minimum Gasteiger partial charge on any atom is -0.449 e. The third kappa shape index (κ3) is 3.25. The van der Waals surface area contributed by atoms with Gasteiger partial charge in [0, 0.05) is 12.1 Å². The van der Waals surface area contributed by atoms with Gasteiger partial charge in [-0.1, -0.05) is 12.1 Å². The molecule has 0 radical (unpaired) electrons. The van der Waals surface area contributed by atoms with E-state index in [1.165, 1.54) is 19.1 Å². The first-order chi connectivity index (χ1) is 9.90. The van der Waals surface area contributed by atoms with Crippen molar-refractivity contribution in [2.24, 2.45) is 0 Å². The maximum absolute atomic E-state index is 13.6. The molecule has 0 heterocycles. The van der Waals surface area contributed by atoms with E-state index in [1.54, 1.807) is 12.1 Å². The van der Waals surface area contributed by atoms with Crippen LogP contribution in [-0.2, 0) is 0 Å². The summed E-state index contributed by atoms with van der Waals surface area (Å²) in [6, 6.07) is 8.18. The van der Waals surface area contributed by atoms with E-state index in [1.807, 2.05) is 0 Å². The predicted octanol–water partition coefficient (Wildman–Crippen LogP) is 4.49. The fraction of sp³-hybridized carbons (Fsp3) is 0.0714. The number of nitrogens with zero attached hydrogens (tertiary/aromatic N) is 1. The zero-order chi connectivity index (χ0) is 15.6. The average Bonchev–Trinajstić information content (AvgIpc) is 2.42. The Balaban J connectivity index is 2.52. The van der Waals surface area contributed by atoms with Gasteiger partial charge in [0.05, 0.1) is 15.0 Å². The Morgan fingerprint density at radius 1 is 1.29 bits per heavy atom. The number of rotatable bonds is 4. The number of Topliss-reactive ketones (excluding diaryl/α,β-unsaturated/α-hetero) is 1. The summed E-state index contributed by atoms with van der Waals surface area (Å²) in [5.74, 6) is -1.09. The number of carbonyl (C=O) groups excluding carboxylic acids is 1. The Labute approximate surface area is 127 Å². The zero-order valence-electron chi connectivity index (χ0n) is 10.8. The number of nitro benzene ring substituents is 1. The molecule has 2 aromatic carbocycles. The maximum Gasteiger partial charge on any atom is 0.312 e. The van der Waals surface area contributed by atoms with E-state index in [0.29, 0.717) is 0 Å². The Morgan fingerprint density at radius 2 is 1.95 bits per heavy atom. The highest BCUT2D eigenvalue weighted by Crippen LogP contribution is 2.36. The van der Waals surface area contributed by atoms with Gasteiger partial charge < -0.3 is 4.74 Å². The van der Waals surface area contributed by atoms with E-state index >= 15 is 0 Å². The van der Waals surface area contributed by atoms with Gasteiger partial charge in [-0.3, -0.25) is 14.9 Å². The predicted molar refractivity (Wildman–Crippen MR) is 77.3 cm³/mol. The largest absolute Gasteiger partial charge is 0.449 e. The number of ketones is 1. The number of hydrogen-bond acceptors (Lipinski definition) is 4. The quantitative estimate of drug-likeness (QED) is 0.461. The standard InChI is InChI=1S/C14H9BrFNO4/c1-8(18)9-4-2-3-5-13(9)21-14-7-11(16)10(15)6-12(14)17(19)20/h2-7H,1H3. The van der Waals surface area contributed by atoms with Crippen molar-refractivity contribution in [2.45, 2.75) is 6.92 Å². The molecule has 0 spiro atoms. The fourth-order valence-corrected chi connectivity index (χ4v) is 2.04. The first-order valence-electron chi connectivity index (χ1n) is 5.81. The highest BCUT2D eigenvalue weighted by Gasteiger charge is 2.21. The van der Waals surface area contributed by atoms with Crippen LogP contribution in [0.3, 0.4) is 0 Å². The van der Waals surface area contributed by atoms with Crippen molar-refractivity contribution in [1.29, 1.82) is 0 Å². The molecule has 0 aromatic heterocycles. The van der Waals surface area contributed by atoms with Crippen molar-refractivity contribution in [2.75, 3.05) is 0 Å². The van der Waals surface area contributed by atoms with Crippen molar-refractivity contribution in [1.82, 2.24) is 0 Å². The number of halogens is 2. The van der Waals surface area contributed by atoms with Crippen molar-refractivity contribution < 1.29 is 18.8 Å². The van der Waals surface area contributed by atoms with Crippen molar-refractivity contribution in [3.8, 4) is 11.5 Å². The van der Waals surface area contributed by atoms with E-state index < -0.39 is 16.4 Å². The molecule has 0 fully saturated rings. The summed E-state index contributed by atoms with van der Waals surface area (Å²) in [4.78, 5) is 21.8. The first kappa shape index (κ1) is 15.1. The lowest BCUT2D eigenvalue weighted by molar-refractivity contribution is -0.385. The summed E-state index contributed by atoms with van der Waals surface area (Å²) in [5, 5.41) is 11.0. The second kappa shape index (κ2) is 6.01. The van der Waals surface area contributed by atoms with Crippen LogP contribution in [0, 0.1) is 15.9 Å². The van der Waals surface area contributed by atoms with Gasteiger partial charge in [0.25, 0.3) is 0 Å². The van der Waals surface area contributed by atoms with Crippen molar-refractivity contribution in [3.63, 3.8) is 0 Å². The van der Waals surface area contributed by atoms with Crippen LogP contribution < -0.4 is 4.74 Å². The molecule has 5 nitrogen and oxygen atoms in total. The molecule has 0 aliphatic rings. The van der Waals surface area contributed by atoms with Crippen molar-refractivity contribution in [3.05, 3.63) is 62.4 Å². The van der Waals surface area contributed by atoms with Crippen LogP contribution in [0.25, 0.3) is 0 Å². The second-order valence-electron chi connectivity index (χ2n) is 4.15. The Kier molecular flexibility index (Phi) is 4.32. The molecule has 0 aliphatic carbocycles. The Bertz CT molecular complexity index is 733. The van der Waals surface area contributed by atoms with Crippen LogP contribution in [-0.4, -0.2) is 10.7 Å². The number of benzene rings is 2. The van der Waals surface area contributed by atoms with Gasteiger partial charge in [-0.05, 0) is 35.0 Å². The maximum atomic E-state index is 13.6. The van der Waals surface area contributed by atoms with E-state index in [2.05, 4.69) is 15.9 Å². The molecular formula is C14H9BrFNO4. The number of ether oxygens (including phenoxy) is 1. The van der Waals surface area contributed by atoms with E-state index in [9.17, 15) is 19.3 Å². The summed E-state index contributed by atoms with van der Waals surface area (Å²) in [5.41, 5.74) is -0.142. The molecule has 108 valence electrons. The van der Waals surface area contributed by atoms with E-state index in [4.69, 9.17) is 4.74 Å². The number of para-hydroxylation sites is 1. The van der Waals surface area contributed by atoms with Gasteiger partial charge >= 0.3 is 5.69 Å². The molecule has 0 amide bonds. The molecule has 7 heteroatoms. The highest BCUT2D eigenvalue weighted by atomic mass is 79.9. The third-order valence-corrected chi connectivity index (χ3v) is 3.29. The summed E-state index contributed by atoms with van der Waals surface area (Å²) < 4.78 is 18.9. The highest BCUT2D eigenvalue weighted by molar-refractivity contribution is 9.10. The van der Waals surface area contributed by atoms with Crippen LogP contribution in [0.1, 0.15) is 17.3 Å². The molecule has 2 aromatic rings. The van der Waals surface area contributed by atoms with Crippen LogP contribution in [0.2, 0.25) is 0 Å². The number of carbonyl (C=O) groups is 1. The summed E-state index contributed by atoms with van der Waals surface area (Å²) in [7, 11) is 0. The molecule has 0 bridgehead atoms. The summed E-state index contributed by atoms with van der Waals surface area (Å²) in [6.07, 6.45) is 0. The molecule has 21 heavy (non-hydrogen) atoms. The topological polar surface area (TPSA) is 69.4 Å². The van der Waals surface area contributed by atoms with Crippen LogP contribution in [0.5, 0.6) is 11.5 Å². The fourth-order valence-electron chi connectivity index (χ4n) is 1.71. The summed E-state index contributed by atoms with van der Waals surface area (Å²) in [6.45, 7) is 1.35. The monoisotopic (exact) mass is 353 g/mol. The zero-order valence-corrected chi connectivity index (χ0v) is 12.4. The van der Waals surface area contributed by atoms with Gasteiger partial charge in [0.1, 0.15) is 11.6 Å². The molecule has 2 rings (SSSR count). The molecule has 0 unspecified atom stereocenters. The van der Waals surface area contributed by atoms with E-state index in [0.717, 1.165) is 12.1 Å². The first-order valence-corrected chi connectivity index (χ1v) is 6.60.